The van der Waals surface area contributed by atoms with E-state index in [1.165, 1.54) is 5.56 Å². The molecule has 0 unspecified atom stereocenters. The number of rotatable bonds is 7. The van der Waals surface area contributed by atoms with Gasteiger partial charge < -0.3 is 20.3 Å². The number of aromatic nitrogens is 1. The summed E-state index contributed by atoms with van der Waals surface area (Å²) in [6.45, 7) is 3.29. The van der Waals surface area contributed by atoms with E-state index >= 15 is 0 Å². The van der Waals surface area contributed by atoms with Gasteiger partial charge in [0.05, 0.1) is 12.1 Å². The van der Waals surface area contributed by atoms with E-state index < -0.39 is 0 Å². The summed E-state index contributed by atoms with van der Waals surface area (Å²) in [5, 5.41) is 6.82. The van der Waals surface area contributed by atoms with Gasteiger partial charge in [-0.1, -0.05) is 24.3 Å². The number of fused-ring (bicyclic) bond motifs is 1. The first-order chi connectivity index (χ1) is 15.8. The second-order valence-electron chi connectivity index (χ2n) is 8.33. The number of amides is 1. The van der Waals surface area contributed by atoms with Gasteiger partial charge in [0.15, 0.2) is 0 Å². The molecule has 1 saturated heterocycles. The minimum atomic E-state index is 0.0310. The van der Waals surface area contributed by atoms with Crippen LogP contribution in [0.1, 0.15) is 34.3 Å². The molecule has 0 saturated carbocycles. The maximum absolute atomic E-state index is 13.4. The molecule has 2 aliphatic rings. The van der Waals surface area contributed by atoms with E-state index in [4.69, 9.17) is 4.74 Å². The molecule has 2 aromatic carbocycles. The second-order valence-corrected chi connectivity index (χ2v) is 8.33. The van der Waals surface area contributed by atoms with E-state index in [0.717, 1.165) is 67.1 Å². The zero-order valence-corrected chi connectivity index (χ0v) is 18.1. The van der Waals surface area contributed by atoms with Gasteiger partial charge in [-0.05, 0) is 67.7 Å². The molecule has 3 heterocycles. The molecule has 2 aliphatic heterocycles. The van der Waals surface area contributed by atoms with Crippen LogP contribution in [0.3, 0.4) is 0 Å². The average molecular weight is 429 g/mol. The highest BCUT2D eigenvalue weighted by Crippen LogP contribution is 2.34. The number of pyridine rings is 1. The predicted molar refractivity (Wildman–Crippen MR) is 126 cm³/mol. The Hall–Kier alpha value is -3.38. The van der Waals surface area contributed by atoms with Crippen LogP contribution in [0.5, 0.6) is 5.75 Å². The van der Waals surface area contributed by atoms with Gasteiger partial charge in [0.2, 0.25) is 0 Å². The van der Waals surface area contributed by atoms with Gasteiger partial charge >= 0.3 is 0 Å². The number of anilines is 2. The first-order valence-corrected chi connectivity index (χ1v) is 11.3. The molecular weight excluding hydrogens is 400 g/mol. The first-order valence-electron chi connectivity index (χ1n) is 11.3. The first kappa shape index (κ1) is 20.5. The fourth-order valence-electron chi connectivity index (χ4n) is 4.44. The summed E-state index contributed by atoms with van der Waals surface area (Å²) >= 11 is 0. The fraction of sp³-hybridized carbons (Fsp3) is 0.308. The van der Waals surface area contributed by atoms with Crippen LogP contribution in [-0.2, 0) is 13.0 Å². The molecule has 0 atom stereocenters. The molecule has 32 heavy (non-hydrogen) atoms. The zero-order valence-electron chi connectivity index (χ0n) is 18.1. The van der Waals surface area contributed by atoms with E-state index in [9.17, 15) is 4.79 Å². The number of nitrogens with one attached hydrogen (secondary N) is 2. The van der Waals surface area contributed by atoms with Crippen molar-refractivity contribution in [2.24, 2.45) is 0 Å². The van der Waals surface area contributed by atoms with Crippen molar-refractivity contribution in [3.05, 3.63) is 83.7 Å². The number of carbonyl (C=O) groups is 1. The van der Waals surface area contributed by atoms with E-state index in [1.807, 2.05) is 59.6 Å². The topological polar surface area (TPSA) is 66.5 Å². The second kappa shape index (κ2) is 9.40. The van der Waals surface area contributed by atoms with Crippen molar-refractivity contribution in [2.45, 2.75) is 31.9 Å². The minimum Gasteiger partial charge on any atom is -0.490 e. The number of benzene rings is 2. The molecule has 6 nitrogen and oxygen atoms in total. The zero-order chi connectivity index (χ0) is 21.8. The number of carbonyl (C=O) groups excluding carboxylic acids is 1. The van der Waals surface area contributed by atoms with Crippen molar-refractivity contribution in [3.63, 3.8) is 0 Å². The smallest absolute Gasteiger partial charge is 0.261 e. The number of ether oxygens (including phenoxy) is 1. The molecule has 1 fully saturated rings. The maximum atomic E-state index is 13.4. The highest BCUT2D eigenvalue weighted by atomic mass is 16.5. The van der Waals surface area contributed by atoms with Crippen LogP contribution in [0, 0.1) is 0 Å². The highest BCUT2D eigenvalue weighted by Gasteiger charge is 2.31. The van der Waals surface area contributed by atoms with Crippen LogP contribution in [0.2, 0.25) is 0 Å². The van der Waals surface area contributed by atoms with Crippen molar-refractivity contribution in [2.75, 3.05) is 29.9 Å². The van der Waals surface area contributed by atoms with Gasteiger partial charge in [-0.2, -0.15) is 0 Å². The monoisotopic (exact) mass is 428 g/mol. The normalized spacial score (nSPS) is 16.1. The molecule has 2 N–H and O–H groups in total. The molecule has 164 valence electrons. The van der Waals surface area contributed by atoms with Crippen LogP contribution < -0.4 is 20.3 Å². The number of hydrogen-bond acceptors (Lipinski definition) is 5. The molecule has 0 spiro atoms. The van der Waals surface area contributed by atoms with Gasteiger partial charge in [-0.3, -0.25) is 9.78 Å². The predicted octanol–water partition coefficient (Wildman–Crippen LogP) is 4.03. The minimum absolute atomic E-state index is 0.0310. The Morgan fingerprint density at radius 1 is 1.09 bits per heavy atom. The lowest BCUT2D eigenvalue weighted by molar-refractivity contribution is 0.0997. The summed E-state index contributed by atoms with van der Waals surface area (Å²) in [7, 11) is 0. The quantitative estimate of drug-likeness (QED) is 0.595. The summed E-state index contributed by atoms with van der Waals surface area (Å²) in [6.07, 6.45) is 6.75. The van der Waals surface area contributed by atoms with Crippen molar-refractivity contribution in [1.29, 1.82) is 0 Å². The molecule has 1 amide bonds. The lowest BCUT2D eigenvalue weighted by Crippen LogP contribution is -2.34. The molecule has 6 heteroatoms. The number of piperidine rings is 1. The van der Waals surface area contributed by atoms with Crippen molar-refractivity contribution in [1.82, 2.24) is 10.3 Å². The molecule has 1 aromatic heterocycles. The number of nitrogens with zero attached hydrogens (tertiary/aromatic N) is 2. The fourth-order valence-corrected chi connectivity index (χ4v) is 4.44. The van der Waals surface area contributed by atoms with Gasteiger partial charge in [0, 0.05) is 36.4 Å². The summed E-state index contributed by atoms with van der Waals surface area (Å²) in [6, 6.07) is 18.0. The van der Waals surface area contributed by atoms with Crippen LogP contribution in [0.25, 0.3) is 0 Å². The van der Waals surface area contributed by atoms with Crippen LogP contribution in [-0.4, -0.2) is 36.6 Å². The third-order valence-electron chi connectivity index (χ3n) is 6.11. The van der Waals surface area contributed by atoms with Gasteiger partial charge in [0.1, 0.15) is 11.9 Å². The Morgan fingerprint density at radius 2 is 1.97 bits per heavy atom. The summed E-state index contributed by atoms with van der Waals surface area (Å²) in [4.78, 5) is 19.4. The lowest BCUT2D eigenvalue weighted by Gasteiger charge is -2.24. The van der Waals surface area contributed by atoms with E-state index in [-0.39, 0.29) is 12.0 Å². The van der Waals surface area contributed by atoms with Gasteiger partial charge in [0.25, 0.3) is 5.91 Å². The molecule has 5 rings (SSSR count). The largest absolute Gasteiger partial charge is 0.490 e. The van der Waals surface area contributed by atoms with Crippen molar-refractivity contribution < 1.29 is 9.53 Å². The van der Waals surface area contributed by atoms with Crippen LogP contribution in [0.15, 0.2) is 67.0 Å². The standard InChI is InChI=1S/C26H28N4O2/c31-26-25-20(5-1-8-24(25)29-15-9-19-4-3-12-28-17-19)18-30(26)21-6-2-7-23(16-21)32-22-10-13-27-14-11-22/h1-8,12,16-17,22,27,29H,9-11,13-15,18H2. The number of hydrogen-bond donors (Lipinski definition) is 2. The molecule has 0 aliphatic carbocycles. The Balaban J connectivity index is 1.29. The Kier molecular flexibility index (Phi) is 6.03. The van der Waals surface area contributed by atoms with E-state index in [1.54, 1.807) is 6.20 Å². The molecular formula is C26H28N4O2. The molecule has 0 bridgehead atoms. The SMILES string of the molecule is O=C1c2c(cccc2NCCc2cccnc2)CN1c1cccc(OC2CCNCC2)c1. The maximum Gasteiger partial charge on any atom is 0.261 e. The summed E-state index contributed by atoms with van der Waals surface area (Å²) in [5.74, 6) is 0.858. The highest BCUT2D eigenvalue weighted by molar-refractivity contribution is 6.13. The third-order valence-corrected chi connectivity index (χ3v) is 6.11. The average Bonchev–Trinajstić information content (AvgIpc) is 3.18. The molecule has 3 aromatic rings. The van der Waals surface area contributed by atoms with E-state index in [0.29, 0.717) is 6.54 Å². The van der Waals surface area contributed by atoms with Crippen molar-refractivity contribution in [3.8, 4) is 5.75 Å². The summed E-state index contributed by atoms with van der Waals surface area (Å²) in [5.41, 5.74) is 4.75. The Labute approximate surface area is 188 Å². The van der Waals surface area contributed by atoms with Gasteiger partial charge in [-0.15, -0.1) is 0 Å². The lowest BCUT2D eigenvalue weighted by atomic mass is 10.1. The van der Waals surface area contributed by atoms with Crippen LogP contribution in [0.4, 0.5) is 11.4 Å². The van der Waals surface area contributed by atoms with Crippen LogP contribution >= 0.6 is 0 Å². The van der Waals surface area contributed by atoms with Crippen molar-refractivity contribution >= 4 is 17.3 Å². The Bertz CT molecular complexity index is 1080. The third kappa shape index (κ3) is 4.46. The molecule has 0 radical (unpaired) electrons. The van der Waals surface area contributed by atoms with Gasteiger partial charge in [-0.25, -0.2) is 0 Å². The van der Waals surface area contributed by atoms with E-state index in [2.05, 4.69) is 21.7 Å². The Morgan fingerprint density at radius 3 is 2.81 bits per heavy atom. The summed E-state index contributed by atoms with van der Waals surface area (Å²) < 4.78 is 6.19.